The van der Waals surface area contributed by atoms with Gasteiger partial charge in [0.2, 0.25) is 0 Å². The molecule has 2 rings (SSSR count). The smallest absolute Gasteiger partial charge is 0.172 e. The Hall–Kier alpha value is -0.830. The number of ketones is 1. The monoisotopic (exact) mass is 254 g/mol. The molecule has 1 unspecified atom stereocenters. The predicted octanol–water partition coefficient (Wildman–Crippen LogP) is 2.97. The van der Waals surface area contributed by atoms with Gasteiger partial charge in [0.05, 0.1) is 22.6 Å². The van der Waals surface area contributed by atoms with Gasteiger partial charge in [0.25, 0.3) is 0 Å². The quantitative estimate of drug-likeness (QED) is 0.712. The Morgan fingerprint density at radius 2 is 2.21 bits per heavy atom. The first-order valence-electron chi connectivity index (χ1n) is 4.56. The Morgan fingerprint density at radius 3 is 2.93 bits per heavy atom. The summed E-state index contributed by atoms with van der Waals surface area (Å²) >= 11 is 3.40. The van der Waals surface area contributed by atoms with Crippen LogP contribution in [0, 0.1) is 12.8 Å². The van der Waals surface area contributed by atoms with Crippen molar-refractivity contribution in [1.82, 2.24) is 0 Å². The molecule has 1 atom stereocenters. The van der Waals surface area contributed by atoms with E-state index < -0.39 is 0 Å². The summed E-state index contributed by atoms with van der Waals surface area (Å²) in [6.45, 7) is 4.34. The molecule has 0 amide bonds. The summed E-state index contributed by atoms with van der Waals surface area (Å²) in [5.74, 6) is 0.838. The summed E-state index contributed by atoms with van der Waals surface area (Å²) in [6, 6.07) is 3.85. The van der Waals surface area contributed by atoms with Crippen LogP contribution in [-0.2, 0) is 0 Å². The molecule has 1 aromatic carbocycles. The van der Waals surface area contributed by atoms with Gasteiger partial charge in [-0.25, -0.2) is 0 Å². The average molecular weight is 255 g/mol. The number of Topliss-reactive ketones (excluding diaryl/α,β-unsaturated/α-hetero) is 1. The third-order valence-electron chi connectivity index (χ3n) is 2.38. The molecule has 1 aliphatic heterocycles. The Kier molecular flexibility index (Phi) is 2.35. The summed E-state index contributed by atoms with van der Waals surface area (Å²) in [7, 11) is 0. The number of hydrogen-bond acceptors (Lipinski definition) is 2. The van der Waals surface area contributed by atoms with Crippen LogP contribution < -0.4 is 4.74 Å². The Labute approximate surface area is 91.4 Å². The van der Waals surface area contributed by atoms with E-state index in [9.17, 15) is 4.79 Å². The van der Waals surface area contributed by atoms with Gasteiger partial charge < -0.3 is 4.74 Å². The number of fused-ring (bicyclic) bond motifs is 1. The molecule has 0 saturated carbocycles. The standard InChI is InChI=1S/C11H11BrO2/c1-6-3-8-10(13)7(2)5-14-11(8)9(12)4-6/h3-4,7H,5H2,1-2H3. The van der Waals surface area contributed by atoms with Crippen molar-refractivity contribution in [3.8, 4) is 5.75 Å². The SMILES string of the molecule is Cc1cc(Br)c2c(c1)C(=O)C(C)CO2. The molecule has 1 aliphatic rings. The molecule has 14 heavy (non-hydrogen) atoms. The molecule has 0 N–H and O–H groups in total. The predicted molar refractivity (Wildman–Crippen MR) is 57.9 cm³/mol. The fourth-order valence-corrected chi connectivity index (χ4v) is 2.30. The minimum atomic E-state index is -0.0313. The van der Waals surface area contributed by atoms with Crippen molar-refractivity contribution >= 4 is 21.7 Å². The van der Waals surface area contributed by atoms with Crippen molar-refractivity contribution < 1.29 is 9.53 Å². The van der Waals surface area contributed by atoms with Crippen molar-refractivity contribution in [2.45, 2.75) is 13.8 Å². The van der Waals surface area contributed by atoms with Crippen molar-refractivity contribution in [2.75, 3.05) is 6.61 Å². The number of benzene rings is 1. The number of carbonyl (C=O) groups is 1. The third kappa shape index (κ3) is 1.46. The molecule has 0 aliphatic carbocycles. The van der Waals surface area contributed by atoms with Crippen molar-refractivity contribution in [3.05, 3.63) is 27.7 Å². The molecule has 0 fully saturated rings. The second-order valence-corrected chi connectivity index (χ2v) is 4.55. The van der Waals surface area contributed by atoms with Crippen LogP contribution in [0.2, 0.25) is 0 Å². The molecule has 0 radical (unpaired) electrons. The van der Waals surface area contributed by atoms with E-state index in [4.69, 9.17) is 4.74 Å². The molecular weight excluding hydrogens is 244 g/mol. The number of rotatable bonds is 0. The first kappa shape index (κ1) is 9.71. The lowest BCUT2D eigenvalue weighted by molar-refractivity contribution is 0.0847. The first-order valence-corrected chi connectivity index (χ1v) is 5.36. The van der Waals surface area contributed by atoms with E-state index in [1.165, 1.54) is 0 Å². The third-order valence-corrected chi connectivity index (χ3v) is 2.97. The maximum absolute atomic E-state index is 11.8. The topological polar surface area (TPSA) is 26.3 Å². The van der Waals surface area contributed by atoms with Gasteiger partial charge in [-0.05, 0) is 40.5 Å². The van der Waals surface area contributed by atoms with Crippen LogP contribution in [0.3, 0.4) is 0 Å². The maximum Gasteiger partial charge on any atom is 0.172 e. The second kappa shape index (κ2) is 3.39. The molecule has 0 bridgehead atoms. The Balaban J connectivity index is 2.60. The van der Waals surface area contributed by atoms with Crippen molar-refractivity contribution in [1.29, 1.82) is 0 Å². The minimum absolute atomic E-state index is 0.0313. The van der Waals surface area contributed by atoms with E-state index in [2.05, 4.69) is 15.9 Å². The summed E-state index contributed by atoms with van der Waals surface area (Å²) < 4.78 is 6.39. The molecule has 1 heterocycles. The molecule has 0 aromatic heterocycles. The fourth-order valence-electron chi connectivity index (χ4n) is 1.61. The van der Waals surface area contributed by atoms with E-state index in [0.717, 1.165) is 10.0 Å². The van der Waals surface area contributed by atoms with Crippen LogP contribution in [0.4, 0.5) is 0 Å². The molecular formula is C11H11BrO2. The highest BCUT2D eigenvalue weighted by atomic mass is 79.9. The van der Waals surface area contributed by atoms with E-state index in [-0.39, 0.29) is 11.7 Å². The summed E-state index contributed by atoms with van der Waals surface area (Å²) in [6.07, 6.45) is 0. The lowest BCUT2D eigenvalue weighted by atomic mass is 9.95. The van der Waals surface area contributed by atoms with Crippen LogP contribution in [0.5, 0.6) is 5.75 Å². The van der Waals surface area contributed by atoms with Crippen LogP contribution in [-0.4, -0.2) is 12.4 Å². The summed E-state index contributed by atoms with van der Waals surface area (Å²) in [5, 5.41) is 0. The first-order chi connectivity index (χ1) is 6.59. The van der Waals surface area contributed by atoms with Gasteiger partial charge in [0.1, 0.15) is 5.75 Å². The van der Waals surface area contributed by atoms with E-state index in [1.54, 1.807) is 0 Å². The van der Waals surface area contributed by atoms with Gasteiger partial charge in [-0.3, -0.25) is 4.79 Å². The van der Waals surface area contributed by atoms with E-state index >= 15 is 0 Å². The number of halogens is 1. The summed E-state index contributed by atoms with van der Waals surface area (Å²) in [5.41, 5.74) is 1.78. The van der Waals surface area contributed by atoms with Crippen LogP contribution >= 0.6 is 15.9 Å². The van der Waals surface area contributed by atoms with Gasteiger partial charge >= 0.3 is 0 Å². The highest BCUT2D eigenvalue weighted by Gasteiger charge is 2.26. The maximum atomic E-state index is 11.8. The molecule has 2 nitrogen and oxygen atoms in total. The molecule has 74 valence electrons. The zero-order chi connectivity index (χ0) is 10.3. The molecule has 3 heteroatoms. The Bertz CT molecular complexity index is 399. The van der Waals surface area contributed by atoms with Crippen LogP contribution in [0.1, 0.15) is 22.8 Å². The van der Waals surface area contributed by atoms with E-state index in [1.807, 2.05) is 26.0 Å². The number of ether oxygens (including phenoxy) is 1. The van der Waals surface area contributed by atoms with E-state index in [0.29, 0.717) is 17.9 Å². The molecule has 0 saturated heterocycles. The Morgan fingerprint density at radius 1 is 1.50 bits per heavy atom. The lowest BCUT2D eigenvalue weighted by Crippen LogP contribution is -2.25. The number of hydrogen-bond donors (Lipinski definition) is 0. The highest BCUT2D eigenvalue weighted by Crippen LogP contribution is 2.35. The van der Waals surface area contributed by atoms with Gasteiger partial charge in [0.15, 0.2) is 5.78 Å². The lowest BCUT2D eigenvalue weighted by Gasteiger charge is -2.22. The fraction of sp³-hybridized carbons (Fsp3) is 0.364. The van der Waals surface area contributed by atoms with Gasteiger partial charge in [0, 0.05) is 0 Å². The number of aryl methyl sites for hydroxylation is 1. The zero-order valence-electron chi connectivity index (χ0n) is 8.13. The average Bonchev–Trinajstić information content (AvgIpc) is 2.12. The second-order valence-electron chi connectivity index (χ2n) is 3.70. The van der Waals surface area contributed by atoms with Gasteiger partial charge in [-0.15, -0.1) is 0 Å². The highest BCUT2D eigenvalue weighted by molar-refractivity contribution is 9.10. The zero-order valence-corrected chi connectivity index (χ0v) is 9.72. The van der Waals surface area contributed by atoms with Gasteiger partial charge in [-0.2, -0.15) is 0 Å². The van der Waals surface area contributed by atoms with Crippen LogP contribution in [0.25, 0.3) is 0 Å². The molecule has 1 aromatic rings. The van der Waals surface area contributed by atoms with Crippen molar-refractivity contribution in [2.24, 2.45) is 5.92 Å². The van der Waals surface area contributed by atoms with Crippen LogP contribution in [0.15, 0.2) is 16.6 Å². The van der Waals surface area contributed by atoms with Crippen molar-refractivity contribution in [3.63, 3.8) is 0 Å². The van der Waals surface area contributed by atoms with Gasteiger partial charge in [-0.1, -0.05) is 6.92 Å². The molecule has 0 spiro atoms. The normalized spacial score (nSPS) is 20.2. The summed E-state index contributed by atoms with van der Waals surface area (Å²) in [4.78, 5) is 11.8. The minimum Gasteiger partial charge on any atom is -0.491 e. The number of carbonyl (C=O) groups excluding carboxylic acids is 1. The largest absolute Gasteiger partial charge is 0.491 e.